The topological polar surface area (TPSA) is 17.1 Å². The van der Waals surface area contributed by atoms with E-state index >= 15 is 0 Å². The molecule has 0 saturated carbocycles. The van der Waals surface area contributed by atoms with E-state index in [4.69, 9.17) is 23.2 Å². The summed E-state index contributed by atoms with van der Waals surface area (Å²) in [5.41, 5.74) is 0.239. The lowest BCUT2D eigenvalue weighted by atomic mass is 10.1. The second-order valence-electron chi connectivity index (χ2n) is 2.28. The molecular weight excluding hydrogens is 202 g/mol. The van der Waals surface area contributed by atoms with Gasteiger partial charge in [0.05, 0.1) is 10.0 Å². The molecule has 1 nitrogen and oxygen atoms in total. The van der Waals surface area contributed by atoms with Crippen molar-refractivity contribution >= 4 is 29.0 Å². The number of halogens is 3. The van der Waals surface area contributed by atoms with Crippen molar-refractivity contribution in [2.75, 3.05) is 0 Å². The summed E-state index contributed by atoms with van der Waals surface area (Å²) in [7, 11) is 0. The molecule has 0 spiro atoms. The average Bonchev–Trinajstić information content (AvgIpc) is 2.00. The molecule has 0 saturated heterocycles. The third kappa shape index (κ3) is 1.59. The van der Waals surface area contributed by atoms with Crippen molar-refractivity contribution in [2.45, 2.75) is 6.92 Å². The Labute approximate surface area is 79.1 Å². The fraction of sp³-hybridized carbons (Fsp3) is 0.125. The van der Waals surface area contributed by atoms with Crippen molar-refractivity contribution in [3.8, 4) is 0 Å². The van der Waals surface area contributed by atoms with Crippen LogP contribution in [0.2, 0.25) is 10.0 Å². The van der Waals surface area contributed by atoms with Gasteiger partial charge in [0.1, 0.15) is 5.82 Å². The number of hydrogen-bond acceptors (Lipinski definition) is 1. The zero-order chi connectivity index (χ0) is 9.30. The predicted molar refractivity (Wildman–Crippen MR) is 46.4 cm³/mol. The summed E-state index contributed by atoms with van der Waals surface area (Å²) in [5, 5.41) is -0.228. The van der Waals surface area contributed by atoms with Gasteiger partial charge in [-0.2, -0.15) is 0 Å². The Kier molecular flexibility index (Phi) is 2.70. The monoisotopic (exact) mass is 206 g/mol. The number of rotatable bonds is 1. The molecule has 64 valence electrons. The molecule has 0 heterocycles. The van der Waals surface area contributed by atoms with Crippen molar-refractivity contribution in [1.29, 1.82) is 0 Å². The fourth-order valence-corrected chi connectivity index (χ4v) is 1.25. The Bertz CT molecular complexity index is 336. The normalized spacial score (nSPS) is 10.0. The quantitative estimate of drug-likeness (QED) is 0.509. The molecule has 0 unspecified atom stereocenters. The van der Waals surface area contributed by atoms with Gasteiger partial charge in [-0.05, 0) is 19.1 Å². The van der Waals surface area contributed by atoms with Gasteiger partial charge in [0.25, 0.3) is 0 Å². The van der Waals surface area contributed by atoms with Crippen LogP contribution in [0, 0.1) is 5.82 Å². The van der Waals surface area contributed by atoms with Gasteiger partial charge >= 0.3 is 0 Å². The van der Waals surface area contributed by atoms with E-state index in [1.165, 1.54) is 13.0 Å². The zero-order valence-corrected chi connectivity index (χ0v) is 7.71. The third-order valence-corrected chi connectivity index (χ3v) is 2.27. The van der Waals surface area contributed by atoms with Crippen LogP contribution in [0.15, 0.2) is 12.1 Å². The molecule has 0 N–H and O–H groups in total. The van der Waals surface area contributed by atoms with Crippen LogP contribution in [0.5, 0.6) is 0 Å². The highest BCUT2D eigenvalue weighted by molar-refractivity contribution is 6.43. The maximum atomic E-state index is 12.7. The Balaban J connectivity index is 3.36. The zero-order valence-electron chi connectivity index (χ0n) is 6.20. The number of hydrogen-bond donors (Lipinski definition) is 0. The molecule has 1 aromatic rings. The average molecular weight is 207 g/mol. The minimum absolute atomic E-state index is 0.0239. The first-order chi connectivity index (χ1) is 5.54. The molecule has 0 amide bonds. The Hall–Kier alpha value is -0.600. The van der Waals surface area contributed by atoms with E-state index in [2.05, 4.69) is 0 Å². The standard InChI is InChI=1S/C8H5Cl2FO/c1-4(12)5-2-3-6(11)8(10)7(5)9/h2-3H,1H3. The van der Waals surface area contributed by atoms with Crippen LogP contribution in [-0.4, -0.2) is 5.78 Å². The van der Waals surface area contributed by atoms with Gasteiger partial charge in [0.15, 0.2) is 5.78 Å². The minimum atomic E-state index is -0.619. The van der Waals surface area contributed by atoms with E-state index < -0.39 is 5.82 Å². The number of ketones is 1. The van der Waals surface area contributed by atoms with Gasteiger partial charge in [-0.3, -0.25) is 4.79 Å². The number of carbonyl (C=O) groups excluding carboxylic acids is 1. The molecule has 0 fully saturated rings. The lowest BCUT2D eigenvalue weighted by Gasteiger charge is -2.01. The molecule has 0 aliphatic heterocycles. The summed E-state index contributed by atoms with van der Waals surface area (Å²) in [6, 6.07) is 2.43. The predicted octanol–water partition coefficient (Wildman–Crippen LogP) is 3.34. The Morgan fingerprint density at radius 1 is 1.33 bits per heavy atom. The van der Waals surface area contributed by atoms with Gasteiger partial charge in [0, 0.05) is 5.56 Å². The molecule has 4 heteroatoms. The summed E-state index contributed by atoms with van der Waals surface area (Å²) >= 11 is 11.1. The van der Waals surface area contributed by atoms with Gasteiger partial charge < -0.3 is 0 Å². The van der Waals surface area contributed by atoms with E-state index in [-0.39, 0.29) is 21.4 Å². The van der Waals surface area contributed by atoms with Crippen LogP contribution < -0.4 is 0 Å². The molecule has 0 aliphatic carbocycles. The lowest BCUT2D eigenvalue weighted by molar-refractivity contribution is 0.101. The van der Waals surface area contributed by atoms with Crippen molar-refractivity contribution < 1.29 is 9.18 Å². The highest BCUT2D eigenvalue weighted by atomic mass is 35.5. The smallest absolute Gasteiger partial charge is 0.161 e. The van der Waals surface area contributed by atoms with Crippen LogP contribution in [-0.2, 0) is 0 Å². The van der Waals surface area contributed by atoms with E-state index in [1.54, 1.807) is 0 Å². The summed E-state index contributed by atoms with van der Waals surface area (Å²) in [6.45, 7) is 1.34. The fourth-order valence-electron chi connectivity index (χ4n) is 0.798. The van der Waals surface area contributed by atoms with Crippen LogP contribution in [0.4, 0.5) is 4.39 Å². The second-order valence-corrected chi connectivity index (χ2v) is 3.04. The molecule has 1 aromatic carbocycles. The maximum Gasteiger partial charge on any atom is 0.161 e. The SMILES string of the molecule is CC(=O)c1ccc(F)c(Cl)c1Cl. The first-order valence-corrected chi connectivity index (χ1v) is 3.94. The first-order valence-electron chi connectivity index (χ1n) is 3.18. The highest BCUT2D eigenvalue weighted by Crippen LogP contribution is 2.28. The number of Topliss-reactive ketones (excluding diaryl/α,β-unsaturated/α-hetero) is 1. The lowest BCUT2D eigenvalue weighted by Crippen LogP contribution is -1.94. The molecule has 1 rings (SSSR count). The highest BCUT2D eigenvalue weighted by Gasteiger charge is 2.12. The largest absolute Gasteiger partial charge is 0.294 e. The summed E-state index contributed by atoms with van der Waals surface area (Å²) < 4.78 is 12.7. The Morgan fingerprint density at radius 3 is 2.42 bits per heavy atom. The Morgan fingerprint density at radius 2 is 1.92 bits per heavy atom. The maximum absolute atomic E-state index is 12.7. The number of benzene rings is 1. The van der Waals surface area contributed by atoms with Crippen LogP contribution in [0.1, 0.15) is 17.3 Å². The molecule has 0 aromatic heterocycles. The van der Waals surface area contributed by atoms with Gasteiger partial charge in [-0.25, -0.2) is 4.39 Å². The minimum Gasteiger partial charge on any atom is -0.294 e. The van der Waals surface area contributed by atoms with Gasteiger partial charge in [-0.15, -0.1) is 0 Å². The van der Waals surface area contributed by atoms with Crippen molar-refractivity contribution in [2.24, 2.45) is 0 Å². The van der Waals surface area contributed by atoms with Crippen molar-refractivity contribution in [1.82, 2.24) is 0 Å². The third-order valence-electron chi connectivity index (χ3n) is 1.41. The van der Waals surface area contributed by atoms with Gasteiger partial charge in [0.2, 0.25) is 0 Å². The van der Waals surface area contributed by atoms with Crippen LogP contribution in [0.25, 0.3) is 0 Å². The summed E-state index contributed by atoms with van der Waals surface area (Å²) in [4.78, 5) is 10.9. The van der Waals surface area contributed by atoms with Crippen LogP contribution in [0.3, 0.4) is 0 Å². The summed E-state index contributed by atoms with van der Waals surface area (Å²) in [6.07, 6.45) is 0. The van der Waals surface area contributed by atoms with Gasteiger partial charge in [-0.1, -0.05) is 23.2 Å². The van der Waals surface area contributed by atoms with E-state index in [0.29, 0.717) is 0 Å². The second kappa shape index (κ2) is 3.42. The molecule has 0 bridgehead atoms. The van der Waals surface area contributed by atoms with E-state index in [1.807, 2.05) is 0 Å². The molecule has 0 atom stereocenters. The van der Waals surface area contributed by atoms with Crippen molar-refractivity contribution in [3.05, 3.63) is 33.6 Å². The van der Waals surface area contributed by atoms with Crippen LogP contribution >= 0.6 is 23.2 Å². The van der Waals surface area contributed by atoms with E-state index in [0.717, 1.165) is 6.07 Å². The van der Waals surface area contributed by atoms with E-state index in [9.17, 15) is 9.18 Å². The molecule has 0 aliphatic rings. The number of carbonyl (C=O) groups is 1. The molecular formula is C8H5Cl2FO. The first kappa shape index (κ1) is 9.49. The van der Waals surface area contributed by atoms with Crippen molar-refractivity contribution in [3.63, 3.8) is 0 Å². The molecule has 0 radical (unpaired) electrons. The molecule has 12 heavy (non-hydrogen) atoms. The summed E-state index contributed by atoms with van der Waals surface area (Å²) in [5.74, 6) is -0.853.